The van der Waals surface area contributed by atoms with Crippen molar-refractivity contribution in [1.82, 2.24) is 0 Å². The molecule has 0 bridgehead atoms. The first-order valence-corrected chi connectivity index (χ1v) is 7.50. The number of nitrogens with one attached hydrogen (secondary N) is 1. The fraction of sp³-hybridized carbons (Fsp3) is 0.0769. The summed E-state index contributed by atoms with van der Waals surface area (Å²) in [5, 5.41) is 0.00471. The van der Waals surface area contributed by atoms with Crippen LogP contribution < -0.4 is 10.5 Å². The number of nitrogens with two attached hydrogens (primary N) is 1. The molecule has 0 aliphatic carbocycles. The van der Waals surface area contributed by atoms with Gasteiger partial charge in [0, 0.05) is 5.69 Å². The van der Waals surface area contributed by atoms with Gasteiger partial charge in [-0.3, -0.25) is 4.72 Å². The Morgan fingerprint density at radius 2 is 1.90 bits per heavy atom. The third kappa shape index (κ3) is 3.02. The number of nitrogen functional groups attached to an aromatic ring is 1. The van der Waals surface area contributed by atoms with E-state index in [1.807, 2.05) is 0 Å². The second-order valence-electron chi connectivity index (χ2n) is 4.26. The molecule has 0 spiro atoms. The summed E-state index contributed by atoms with van der Waals surface area (Å²) in [6, 6.07) is 8.13. The van der Waals surface area contributed by atoms with Crippen LogP contribution >= 0.6 is 11.6 Å². The normalized spacial score (nSPS) is 11.3. The van der Waals surface area contributed by atoms with E-state index in [2.05, 4.69) is 4.72 Å². The van der Waals surface area contributed by atoms with Crippen LogP contribution in [-0.2, 0) is 10.0 Å². The first-order chi connectivity index (χ1) is 9.29. The highest BCUT2D eigenvalue weighted by Crippen LogP contribution is 2.26. The minimum atomic E-state index is -3.89. The summed E-state index contributed by atoms with van der Waals surface area (Å²) in [5.41, 5.74) is 6.42. The Balaban J connectivity index is 2.38. The lowest BCUT2D eigenvalue weighted by Gasteiger charge is -2.10. The molecule has 4 nitrogen and oxygen atoms in total. The molecule has 0 aliphatic rings. The maximum absolute atomic E-state index is 13.4. The van der Waals surface area contributed by atoms with Crippen LogP contribution in [0.3, 0.4) is 0 Å². The van der Waals surface area contributed by atoms with Crippen LogP contribution in [-0.4, -0.2) is 8.42 Å². The SMILES string of the molecule is Cc1ccc(NS(=O)(=O)c2ccc(N)cc2Cl)cc1F. The molecule has 0 fully saturated rings. The molecule has 0 aromatic heterocycles. The molecule has 0 heterocycles. The van der Waals surface area contributed by atoms with Crippen LogP contribution in [0.1, 0.15) is 5.56 Å². The molecule has 7 heteroatoms. The van der Waals surface area contributed by atoms with Crippen molar-refractivity contribution in [2.45, 2.75) is 11.8 Å². The first kappa shape index (κ1) is 14.6. The van der Waals surface area contributed by atoms with Gasteiger partial charge in [0.1, 0.15) is 10.7 Å². The van der Waals surface area contributed by atoms with E-state index < -0.39 is 15.8 Å². The molecule has 2 aromatic rings. The van der Waals surface area contributed by atoms with Gasteiger partial charge in [-0.05, 0) is 42.8 Å². The Kier molecular flexibility index (Phi) is 3.87. The predicted octanol–water partition coefficient (Wildman–Crippen LogP) is 3.17. The fourth-order valence-electron chi connectivity index (χ4n) is 1.60. The van der Waals surface area contributed by atoms with Gasteiger partial charge in [0.25, 0.3) is 10.0 Å². The molecule has 106 valence electrons. The second kappa shape index (κ2) is 5.30. The quantitative estimate of drug-likeness (QED) is 0.855. The highest BCUT2D eigenvalue weighted by molar-refractivity contribution is 7.92. The number of benzene rings is 2. The van der Waals surface area contributed by atoms with E-state index in [0.717, 1.165) is 6.07 Å². The zero-order valence-corrected chi connectivity index (χ0v) is 12.1. The number of anilines is 2. The first-order valence-electron chi connectivity index (χ1n) is 5.63. The third-order valence-corrected chi connectivity index (χ3v) is 4.53. The van der Waals surface area contributed by atoms with Gasteiger partial charge in [-0.15, -0.1) is 0 Å². The third-order valence-electron chi connectivity index (χ3n) is 2.67. The van der Waals surface area contributed by atoms with E-state index >= 15 is 0 Å². The zero-order chi connectivity index (χ0) is 14.9. The molecule has 0 atom stereocenters. The molecule has 0 radical (unpaired) electrons. The Morgan fingerprint density at radius 3 is 2.50 bits per heavy atom. The van der Waals surface area contributed by atoms with Gasteiger partial charge in [0.15, 0.2) is 0 Å². The number of rotatable bonds is 3. The van der Waals surface area contributed by atoms with Crippen LogP contribution in [0.2, 0.25) is 5.02 Å². The minimum absolute atomic E-state index is 0.00471. The molecular formula is C13H12ClFN2O2S. The average molecular weight is 315 g/mol. The highest BCUT2D eigenvalue weighted by atomic mass is 35.5. The van der Waals surface area contributed by atoms with E-state index in [4.69, 9.17) is 17.3 Å². The fourth-order valence-corrected chi connectivity index (χ4v) is 3.21. The van der Waals surface area contributed by atoms with E-state index in [-0.39, 0.29) is 15.6 Å². The van der Waals surface area contributed by atoms with Crippen molar-refractivity contribution in [3.63, 3.8) is 0 Å². The lowest BCUT2D eigenvalue weighted by Crippen LogP contribution is -2.13. The largest absolute Gasteiger partial charge is 0.399 e. The van der Waals surface area contributed by atoms with Gasteiger partial charge >= 0.3 is 0 Å². The molecule has 3 N–H and O–H groups in total. The standard InChI is InChI=1S/C13H12ClFN2O2S/c1-8-2-4-10(7-12(8)15)17-20(18,19)13-5-3-9(16)6-11(13)14/h2-7,17H,16H2,1H3. The van der Waals surface area contributed by atoms with Crippen molar-refractivity contribution < 1.29 is 12.8 Å². The van der Waals surface area contributed by atoms with Gasteiger partial charge in [-0.2, -0.15) is 0 Å². The van der Waals surface area contributed by atoms with Gasteiger partial charge in [0.05, 0.1) is 10.7 Å². The number of halogens is 2. The zero-order valence-electron chi connectivity index (χ0n) is 10.5. The Hall–Kier alpha value is -1.79. The van der Waals surface area contributed by atoms with Crippen molar-refractivity contribution in [3.8, 4) is 0 Å². The summed E-state index contributed by atoms with van der Waals surface area (Å²) in [5.74, 6) is -0.492. The molecular weight excluding hydrogens is 303 g/mol. The van der Waals surface area contributed by atoms with Crippen molar-refractivity contribution in [3.05, 3.63) is 52.8 Å². The summed E-state index contributed by atoms with van der Waals surface area (Å²) in [6.45, 7) is 1.59. The maximum Gasteiger partial charge on any atom is 0.263 e. The van der Waals surface area contributed by atoms with Gasteiger partial charge in [-0.25, -0.2) is 12.8 Å². The van der Waals surface area contributed by atoms with Crippen molar-refractivity contribution in [1.29, 1.82) is 0 Å². The average Bonchev–Trinajstić information content (AvgIpc) is 2.33. The number of sulfonamides is 1. The van der Waals surface area contributed by atoms with Gasteiger partial charge < -0.3 is 5.73 Å². The topological polar surface area (TPSA) is 72.2 Å². The molecule has 0 amide bonds. The maximum atomic E-state index is 13.4. The summed E-state index contributed by atoms with van der Waals surface area (Å²) in [4.78, 5) is -0.116. The monoisotopic (exact) mass is 314 g/mol. The van der Waals surface area contributed by atoms with Crippen molar-refractivity contribution in [2.75, 3.05) is 10.5 Å². The molecule has 20 heavy (non-hydrogen) atoms. The van der Waals surface area contributed by atoms with E-state index in [0.29, 0.717) is 11.3 Å². The molecule has 2 aromatic carbocycles. The summed E-state index contributed by atoms with van der Waals surface area (Å²) < 4.78 is 40.0. The minimum Gasteiger partial charge on any atom is -0.399 e. The van der Waals surface area contributed by atoms with Crippen LogP contribution in [0.15, 0.2) is 41.3 Å². The lowest BCUT2D eigenvalue weighted by atomic mass is 10.2. The van der Waals surface area contributed by atoms with E-state index in [1.165, 1.54) is 30.3 Å². The number of aryl methyl sites for hydroxylation is 1. The summed E-state index contributed by atoms with van der Waals surface area (Å²) in [6.07, 6.45) is 0. The molecule has 0 saturated heterocycles. The predicted molar refractivity (Wildman–Crippen MR) is 77.8 cm³/mol. The lowest BCUT2D eigenvalue weighted by molar-refractivity contribution is 0.601. The number of hydrogen-bond donors (Lipinski definition) is 2. The van der Waals surface area contributed by atoms with Gasteiger partial charge in [-0.1, -0.05) is 17.7 Å². The van der Waals surface area contributed by atoms with E-state index in [9.17, 15) is 12.8 Å². The molecule has 0 saturated carbocycles. The highest BCUT2D eigenvalue weighted by Gasteiger charge is 2.18. The molecule has 0 aliphatic heterocycles. The van der Waals surface area contributed by atoms with Crippen molar-refractivity contribution in [2.24, 2.45) is 0 Å². The number of hydrogen-bond acceptors (Lipinski definition) is 3. The van der Waals surface area contributed by atoms with Crippen LogP contribution in [0.25, 0.3) is 0 Å². The van der Waals surface area contributed by atoms with Gasteiger partial charge in [0.2, 0.25) is 0 Å². The van der Waals surface area contributed by atoms with Crippen molar-refractivity contribution >= 4 is 33.0 Å². The van der Waals surface area contributed by atoms with Crippen LogP contribution in [0.5, 0.6) is 0 Å². The Labute approximate surface area is 121 Å². The van der Waals surface area contributed by atoms with E-state index in [1.54, 1.807) is 6.92 Å². The summed E-state index contributed by atoms with van der Waals surface area (Å²) in [7, 11) is -3.89. The summed E-state index contributed by atoms with van der Waals surface area (Å²) >= 11 is 5.86. The smallest absolute Gasteiger partial charge is 0.263 e. The van der Waals surface area contributed by atoms with Crippen LogP contribution in [0.4, 0.5) is 15.8 Å². The Morgan fingerprint density at radius 1 is 1.20 bits per heavy atom. The Bertz CT molecular complexity index is 763. The van der Waals surface area contributed by atoms with Crippen LogP contribution in [0, 0.1) is 12.7 Å². The second-order valence-corrected chi connectivity index (χ2v) is 6.32. The molecule has 0 unspecified atom stereocenters. The molecule has 2 rings (SSSR count).